The Morgan fingerprint density at radius 2 is 2.30 bits per heavy atom. The summed E-state index contributed by atoms with van der Waals surface area (Å²) in [6.07, 6.45) is 3.91. The fourth-order valence-corrected chi connectivity index (χ4v) is 2.50. The number of hydrogen-bond acceptors (Lipinski definition) is 5. The monoisotopic (exact) mass is 312 g/mol. The molecule has 2 heterocycles. The summed E-state index contributed by atoms with van der Waals surface area (Å²) >= 11 is 0. The highest BCUT2D eigenvalue weighted by molar-refractivity contribution is 6.02. The third kappa shape index (κ3) is 4.26. The second-order valence-corrected chi connectivity index (χ2v) is 5.61. The molecule has 1 saturated heterocycles. The lowest BCUT2D eigenvalue weighted by Crippen LogP contribution is -2.21. The Bertz CT molecular complexity index is 684. The van der Waals surface area contributed by atoms with Crippen LogP contribution in [0.25, 0.3) is 0 Å². The first-order valence-corrected chi connectivity index (χ1v) is 7.77. The van der Waals surface area contributed by atoms with Crippen molar-refractivity contribution in [2.45, 2.75) is 25.9 Å². The van der Waals surface area contributed by atoms with Gasteiger partial charge in [-0.1, -0.05) is 12.1 Å². The van der Waals surface area contributed by atoms with Crippen molar-refractivity contribution in [3.05, 3.63) is 47.8 Å². The highest BCUT2D eigenvalue weighted by Crippen LogP contribution is 2.13. The Morgan fingerprint density at radius 1 is 1.39 bits per heavy atom. The summed E-state index contributed by atoms with van der Waals surface area (Å²) < 4.78 is 5.55. The predicted molar refractivity (Wildman–Crippen MR) is 88.6 cm³/mol. The number of aromatic nitrogens is 2. The molecule has 120 valence electrons. The molecule has 1 atom stereocenters. The minimum Gasteiger partial charge on any atom is -0.376 e. The number of carbonyl (C=O) groups excluding carboxylic acids is 1. The van der Waals surface area contributed by atoms with Gasteiger partial charge in [0, 0.05) is 25.0 Å². The molecule has 1 amide bonds. The SMILES string of the molecule is Cc1cccc(NC(=O)c2ccnc(NCC3CCCO3)n2)c1. The lowest BCUT2D eigenvalue weighted by molar-refractivity contribution is 0.102. The Kier molecular flexibility index (Phi) is 4.83. The van der Waals surface area contributed by atoms with Gasteiger partial charge in [-0.2, -0.15) is 0 Å². The molecular weight excluding hydrogens is 292 g/mol. The summed E-state index contributed by atoms with van der Waals surface area (Å²) in [7, 11) is 0. The molecule has 1 fully saturated rings. The molecule has 23 heavy (non-hydrogen) atoms. The van der Waals surface area contributed by atoms with E-state index in [1.54, 1.807) is 12.3 Å². The van der Waals surface area contributed by atoms with Crippen LogP contribution in [-0.2, 0) is 4.74 Å². The summed E-state index contributed by atoms with van der Waals surface area (Å²) in [5.74, 6) is 0.190. The van der Waals surface area contributed by atoms with Crippen molar-refractivity contribution in [3.8, 4) is 0 Å². The van der Waals surface area contributed by atoms with Gasteiger partial charge < -0.3 is 15.4 Å². The van der Waals surface area contributed by atoms with Crippen LogP contribution in [0.5, 0.6) is 0 Å². The maximum Gasteiger partial charge on any atom is 0.274 e. The van der Waals surface area contributed by atoms with E-state index in [4.69, 9.17) is 4.74 Å². The van der Waals surface area contributed by atoms with Gasteiger partial charge in [0.15, 0.2) is 0 Å². The van der Waals surface area contributed by atoms with Crippen molar-refractivity contribution >= 4 is 17.5 Å². The van der Waals surface area contributed by atoms with Crippen LogP contribution in [0.1, 0.15) is 28.9 Å². The zero-order valence-electron chi connectivity index (χ0n) is 13.1. The lowest BCUT2D eigenvalue weighted by atomic mass is 10.2. The van der Waals surface area contributed by atoms with Crippen LogP contribution in [0.4, 0.5) is 11.6 Å². The topological polar surface area (TPSA) is 76.1 Å². The van der Waals surface area contributed by atoms with Gasteiger partial charge in [0.1, 0.15) is 5.69 Å². The normalized spacial score (nSPS) is 17.0. The zero-order chi connectivity index (χ0) is 16.1. The molecule has 6 heteroatoms. The third-order valence-corrected chi connectivity index (χ3v) is 3.68. The van der Waals surface area contributed by atoms with Gasteiger partial charge in [-0.25, -0.2) is 9.97 Å². The van der Waals surface area contributed by atoms with Gasteiger partial charge in [-0.05, 0) is 43.5 Å². The molecule has 2 aromatic rings. The number of nitrogens with zero attached hydrogens (tertiary/aromatic N) is 2. The Hall–Kier alpha value is -2.47. The Morgan fingerprint density at radius 3 is 3.09 bits per heavy atom. The first kappa shape index (κ1) is 15.4. The minimum atomic E-state index is -0.252. The van der Waals surface area contributed by atoms with Gasteiger partial charge in [0.05, 0.1) is 6.10 Å². The molecule has 1 aromatic heterocycles. The number of amides is 1. The first-order valence-electron chi connectivity index (χ1n) is 7.77. The molecular formula is C17H20N4O2. The second-order valence-electron chi connectivity index (χ2n) is 5.61. The first-order chi connectivity index (χ1) is 11.2. The number of anilines is 2. The van der Waals surface area contributed by atoms with Crippen molar-refractivity contribution in [1.29, 1.82) is 0 Å². The number of hydrogen-bond donors (Lipinski definition) is 2. The summed E-state index contributed by atoms with van der Waals surface area (Å²) in [5.41, 5.74) is 2.17. The summed E-state index contributed by atoms with van der Waals surface area (Å²) in [4.78, 5) is 20.7. The van der Waals surface area contributed by atoms with Gasteiger partial charge in [-0.15, -0.1) is 0 Å². The van der Waals surface area contributed by atoms with Gasteiger partial charge in [-0.3, -0.25) is 4.79 Å². The number of rotatable bonds is 5. The maximum atomic E-state index is 12.3. The molecule has 1 unspecified atom stereocenters. The quantitative estimate of drug-likeness (QED) is 0.887. The fourth-order valence-electron chi connectivity index (χ4n) is 2.50. The van der Waals surface area contributed by atoms with Crippen LogP contribution in [0.15, 0.2) is 36.5 Å². The number of nitrogens with one attached hydrogen (secondary N) is 2. The van der Waals surface area contributed by atoms with E-state index in [9.17, 15) is 4.79 Å². The fraction of sp³-hybridized carbons (Fsp3) is 0.353. The van der Waals surface area contributed by atoms with Crippen molar-refractivity contribution < 1.29 is 9.53 Å². The van der Waals surface area contributed by atoms with Gasteiger partial charge in [0.2, 0.25) is 5.95 Å². The molecule has 6 nitrogen and oxygen atoms in total. The summed E-state index contributed by atoms with van der Waals surface area (Å²) in [6.45, 7) is 3.45. The van der Waals surface area contributed by atoms with Crippen molar-refractivity contribution in [1.82, 2.24) is 9.97 Å². The van der Waals surface area contributed by atoms with E-state index in [1.807, 2.05) is 31.2 Å². The van der Waals surface area contributed by atoms with Gasteiger partial charge in [0.25, 0.3) is 5.91 Å². The van der Waals surface area contributed by atoms with E-state index in [0.29, 0.717) is 18.2 Å². The van der Waals surface area contributed by atoms with E-state index in [0.717, 1.165) is 30.7 Å². The standard InChI is InChI=1S/C17H20N4O2/c1-12-4-2-5-13(10-12)20-16(22)15-7-8-18-17(21-15)19-11-14-6-3-9-23-14/h2,4-5,7-8,10,14H,3,6,9,11H2,1H3,(H,20,22)(H,18,19,21). The zero-order valence-corrected chi connectivity index (χ0v) is 13.1. The molecule has 0 saturated carbocycles. The summed E-state index contributed by atoms with van der Waals surface area (Å²) in [5, 5.41) is 5.97. The van der Waals surface area contributed by atoms with Crippen LogP contribution in [0.3, 0.4) is 0 Å². The predicted octanol–water partition coefficient (Wildman–Crippen LogP) is 2.63. The van der Waals surface area contributed by atoms with Crippen molar-refractivity contribution in [3.63, 3.8) is 0 Å². The average Bonchev–Trinajstić information content (AvgIpc) is 3.07. The molecule has 0 spiro atoms. The smallest absolute Gasteiger partial charge is 0.274 e. The third-order valence-electron chi connectivity index (χ3n) is 3.68. The molecule has 1 aliphatic heterocycles. The van der Waals surface area contributed by atoms with E-state index in [2.05, 4.69) is 20.6 Å². The largest absolute Gasteiger partial charge is 0.376 e. The molecule has 0 aliphatic carbocycles. The average molecular weight is 312 g/mol. The molecule has 0 radical (unpaired) electrons. The van der Waals surface area contributed by atoms with Gasteiger partial charge >= 0.3 is 0 Å². The van der Waals surface area contributed by atoms with E-state index >= 15 is 0 Å². The van der Waals surface area contributed by atoms with Crippen LogP contribution < -0.4 is 10.6 Å². The van der Waals surface area contributed by atoms with E-state index in [1.165, 1.54) is 0 Å². The van der Waals surface area contributed by atoms with Crippen LogP contribution >= 0.6 is 0 Å². The second kappa shape index (κ2) is 7.19. The number of ether oxygens (including phenoxy) is 1. The minimum absolute atomic E-state index is 0.198. The van der Waals surface area contributed by atoms with E-state index < -0.39 is 0 Å². The Labute approximate surface area is 135 Å². The van der Waals surface area contributed by atoms with Crippen LogP contribution in [0.2, 0.25) is 0 Å². The van der Waals surface area contributed by atoms with Crippen molar-refractivity contribution in [2.24, 2.45) is 0 Å². The maximum absolute atomic E-state index is 12.3. The van der Waals surface area contributed by atoms with Crippen LogP contribution in [-0.4, -0.2) is 35.1 Å². The molecule has 1 aromatic carbocycles. The molecule has 2 N–H and O–H groups in total. The Balaban J connectivity index is 1.62. The number of benzene rings is 1. The lowest BCUT2D eigenvalue weighted by Gasteiger charge is -2.11. The summed E-state index contributed by atoms with van der Waals surface area (Å²) in [6, 6.07) is 9.24. The highest BCUT2D eigenvalue weighted by Gasteiger charge is 2.16. The number of aryl methyl sites for hydroxylation is 1. The highest BCUT2D eigenvalue weighted by atomic mass is 16.5. The molecule has 3 rings (SSSR count). The van der Waals surface area contributed by atoms with Crippen molar-refractivity contribution in [2.75, 3.05) is 23.8 Å². The molecule has 0 bridgehead atoms. The van der Waals surface area contributed by atoms with E-state index in [-0.39, 0.29) is 12.0 Å². The number of carbonyl (C=O) groups is 1. The molecule has 1 aliphatic rings. The van der Waals surface area contributed by atoms with Crippen LogP contribution in [0, 0.1) is 6.92 Å².